The number of anilines is 1. The van der Waals surface area contributed by atoms with Crippen LogP contribution in [-0.4, -0.2) is 26.8 Å². The van der Waals surface area contributed by atoms with Crippen LogP contribution in [0.5, 0.6) is 0 Å². The number of para-hydroxylation sites is 1. The summed E-state index contributed by atoms with van der Waals surface area (Å²) < 4.78 is 3.09. The van der Waals surface area contributed by atoms with Crippen LogP contribution in [0.2, 0.25) is 0 Å². The van der Waals surface area contributed by atoms with E-state index in [-0.39, 0.29) is 17.2 Å². The van der Waals surface area contributed by atoms with Crippen molar-refractivity contribution in [1.82, 2.24) is 14.3 Å². The zero-order valence-corrected chi connectivity index (χ0v) is 16.4. The first-order valence-corrected chi connectivity index (χ1v) is 9.27. The van der Waals surface area contributed by atoms with Gasteiger partial charge in [0.2, 0.25) is 0 Å². The molecule has 0 spiro atoms. The average Bonchev–Trinajstić information content (AvgIpc) is 2.99. The zero-order chi connectivity index (χ0) is 20.0. The molecule has 0 saturated heterocycles. The van der Waals surface area contributed by atoms with Gasteiger partial charge < -0.3 is 9.47 Å². The predicted molar refractivity (Wildman–Crippen MR) is 112 cm³/mol. The Morgan fingerprint density at radius 1 is 1.11 bits per heavy atom. The van der Waals surface area contributed by atoms with Crippen LogP contribution >= 0.6 is 0 Å². The van der Waals surface area contributed by atoms with E-state index in [1.165, 1.54) is 4.68 Å². The molecular weight excluding hydrogens is 352 g/mol. The van der Waals surface area contributed by atoms with Gasteiger partial charge in [-0.05, 0) is 37.6 Å². The highest BCUT2D eigenvalue weighted by molar-refractivity contribution is 6.20. The van der Waals surface area contributed by atoms with Crippen molar-refractivity contribution in [3.63, 3.8) is 0 Å². The second-order valence-electron chi connectivity index (χ2n) is 6.97. The van der Waals surface area contributed by atoms with E-state index < -0.39 is 0 Å². The lowest BCUT2D eigenvalue weighted by Gasteiger charge is -2.21. The molecule has 2 heterocycles. The van der Waals surface area contributed by atoms with E-state index in [1.54, 1.807) is 11.9 Å². The summed E-state index contributed by atoms with van der Waals surface area (Å²) in [6.45, 7) is 4.43. The van der Waals surface area contributed by atoms with Gasteiger partial charge in [0.1, 0.15) is 5.52 Å². The Morgan fingerprint density at radius 2 is 1.86 bits per heavy atom. The molecule has 0 aliphatic heterocycles. The average molecular weight is 374 g/mol. The Kier molecular flexibility index (Phi) is 4.26. The second kappa shape index (κ2) is 6.64. The number of fused-ring (bicyclic) bond motifs is 3. The van der Waals surface area contributed by atoms with Gasteiger partial charge in [-0.1, -0.05) is 30.3 Å². The number of nitrogens with zero attached hydrogens (tertiary/aromatic N) is 4. The SMILES string of the molecule is CCN(C(=O)c1nn(C)c(=O)c2c1c1ccccc1n2C)c1cccc(C)c1. The number of hydrogen-bond donors (Lipinski definition) is 0. The number of rotatable bonds is 3. The van der Waals surface area contributed by atoms with Gasteiger partial charge in [0, 0.05) is 42.6 Å². The number of amides is 1. The topological polar surface area (TPSA) is 60.1 Å². The molecule has 2 aromatic carbocycles. The Bertz CT molecular complexity index is 1280. The third-order valence-corrected chi connectivity index (χ3v) is 5.17. The number of aryl methyl sites for hydroxylation is 3. The van der Waals surface area contributed by atoms with Crippen LogP contribution in [0.15, 0.2) is 53.3 Å². The van der Waals surface area contributed by atoms with Crippen LogP contribution in [0.3, 0.4) is 0 Å². The minimum Gasteiger partial charge on any atom is -0.339 e. The lowest BCUT2D eigenvalue weighted by Crippen LogP contribution is -2.34. The van der Waals surface area contributed by atoms with Crippen molar-refractivity contribution >= 4 is 33.4 Å². The summed E-state index contributed by atoms with van der Waals surface area (Å²) in [6.07, 6.45) is 0. The molecule has 6 heteroatoms. The Morgan fingerprint density at radius 3 is 2.57 bits per heavy atom. The molecule has 0 bridgehead atoms. The van der Waals surface area contributed by atoms with Crippen LogP contribution in [0, 0.1) is 6.92 Å². The Hall–Kier alpha value is -3.41. The third-order valence-electron chi connectivity index (χ3n) is 5.17. The maximum Gasteiger partial charge on any atom is 0.291 e. The van der Waals surface area contributed by atoms with Gasteiger partial charge in [-0.25, -0.2) is 4.68 Å². The minimum absolute atomic E-state index is 0.218. The first-order chi connectivity index (χ1) is 13.4. The molecule has 0 aliphatic carbocycles. The Balaban J connectivity index is 2.03. The van der Waals surface area contributed by atoms with E-state index in [9.17, 15) is 9.59 Å². The number of benzene rings is 2. The molecule has 0 fully saturated rings. The summed E-state index contributed by atoms with van der Waals surface area (Å²) in [4.78, 5) is 28.1. The fraction of sp³-hybridized carbons (Fsp3) is 0.227. The van der Waals surface area contributed by atoms with E-state index in [1.807, 2.05) is 74.0 Å². The second-order valence-corrected chi connectivity index (χ2v) is 6.97. The maximum absolute atomic E-state index is 13.6. The minimum atomic E-state index is -0.219. The molecule has 2 aromatic heterocycles. The van der Waals surface area contributed by atoms with Gasteiger partial charge in [-0.15, -0.1) is 0 Å². The largest absolute Gasteiger partial charge is 0.339 e. The summed E-state index contributed by atoms with van der Waals surface area (Å²) in [5, 5.41) is 5.84. The van der Waals surface area contributed by atoms with Crippen molar-refractivity contribution in [2.24, 2.45) is 14.1 Å². The number of carbonyl (C=O) groups excluding carboxylic acids is 1. The molecule has 4 rings (SSSR count). The fourth-order valence-corrected chi connectivity index (χ4v) is 3.80. The van der Waals surface area contributed by atoms with Crippen molar-refractivity contribution in [3.8, 4) is 0 Å². The monoisotopic (exact) mass is 374 g/mol. The van der Waals surface area contributed by atoms with Crippen molar-refractivity contribution in [2.75, 3.05) is 11.4 Å². The summed E-state index contributed by atoms with van der Waals surface area (Å²) >= 11 is 0. The standard InChI is InChI=1S/C22H22N4O2/c1-5-26(15-10-8-9-14(2)13-15)21(27)19-18-16-11-6-7-12-17(16)24(3)20(18)22(28)25(4)23-19/h6-13H,5H2,1-4H3. The summed E-state index contributed by atoms with van der Waals surface area (Å²) in [6, 6.07) is 15.5. The van der Waals surface area contributed by atoms with Crippen LogP contribution in [0.1, 0.15) is 23.0 Å². The normalized spacial score (nSPS) is 11.3. The molecule has 0 atom stereocenters. The molecule has 0 radical (unpaired) electrons. The van der Waals surface area contributed by atoms with E-state index in [0.29, 0.717) is 17.4 Å². The highest BCUT2D eigenvalue weighted by Crippen LogP contribution is 2.29. The zero-order valence-electron chi connectivity index (χ0n) is 16.4. The van der Waals surface area contributed by atoms with Crippen molar-refractivity contribution in [1.29, 1.82) is 0 Å². The van der Waals surface area contributed by atoms with Crippen LogP contribution in [-0.2, 0) is 14.1 Å². The lowest BCUT2D eigenvalue weighted by molar-refractivity contribution is 0.0983. The fourth-order valence-electron chi connectivity index (χ4n) is 3.80. The molecule has 0 saturated carbocycles. The van der Waals surface area contributed by atoms with E-state index in [2.05, 4.69) is 5.10 Å². The van der Waals surface area contributed by atoms with Crippen LogP contribution in [0.4, 0.5) is 5.69 Å². The molecule has 28 heavy (non-hydrogen) atoms. The molecule has 0 N–H and O–H groups in total. The van der Waals surface area contributed by atoms with Gasteiger partial charge in [0.25, 0.3) is 11.5 Å². The summed E-state index contributed by atoms with van der Waals surface area (Å²) in [5.74, 6) is -0.218. The van der Waals surface area contributed by atoms with Crippen molar-refractivity contribution in [3.05, 3.63) is 70.1 Å². The summed E-state index contributed by atoms with van der Waals surface area (Å²) in [5.41, 5.74) is 3.35. The molecule has 0 unspecified atom stereocenters. The van der Waals surface area contributed by atoms with E-state index in [4.69, 9.17) is 0 Å². The molecule has 0 aliphatic rings. The number of hydrogen-bond acceptors (Lipinski definition) is 3. The van der Waals surface area contributed by atoms with Gasteiger partial charge in [-0.3, -0.25) is 9.59 Å². The lowest BCUT2D eigenvalue weighted by atomic mass is 10.1. The van der Waals surface area contributed by atoms with E-state index >= 15 is 0 Å². The summed E-state index contributed by atoms with van der Waals surface area (Å²) in [7, 11) is 3.43. The van der Waals surface area contributed by atoms with Crippen molar-refractivity contribution in [2.45, 2.75) is 13.8 Å². The smallest absolute Gasteiger partial charge is 0.291 e. The van der Waals surface area contributed by atoms with Gasteiger partial charge in [0.05, 0.1) is 0 Å². The molecular formula is C22H22N4O2. The van der Waals surface area contributed by atoms with E-state index in [0.717, 1.165) is 22.2 Å². The Labute approximate surface area is 162 Å². The molecule has 4 aromatic rings. The first kappa shape index (κ1) is 18.0. The van der Waals surface area contributed by atoms with Crippen LogP contribution in [0.25, 0.3) is 21.8 Å². The van der Waals surface area contributed by atoms with Crippen LogP contribution < -0.4 is 10.5 Å². The highest BCUT2D eigenvalue weighted by Gasteiger charge is 2.25. The molecule has 6 nitrogen and oxygen atoms in total. The van der Waals surface area contributed by atoms with Gasteiger partial charge >= 0.3 is 0 Å². The molecule has 1 amide bonds. The number of aromatic nitrogens is 3. The van der Waals surface area contributed by atoms with Gasteiger partial charge in [-0.2, -0.15) is 5.10 Å². The molecule has 142 valence electrons. The first-order valence-electron chi connectivity index (χ1n) is 9.27. The highest BCUT2D eigenvalue weighted by atomic mass is 16.2. The van der Waals surface area contributed by atoms with Gasteiger partial charge in [0.15, 0.2) is 5.69 Å². The number of carbonyl (C=O) groups is 1. The van der Waals surface area contributed by atoms with Crippen molar-refractivity contribution < 1.29 is 4.79 Å². The predicted octanol–water partition coefficient (Wildman–Crippen LogP) is 3.40. The quantitative estimate of drug-likeness (QED) is 0.552. The third kappa shape index (κ3) is 2.60. The maximum atomic E-state index is 13.6.